The molecule has 186 valence electrons. The van der Waals surface area contributed by atoms with Crippen molar-refractivity contribution in [3.8, 4) is 11.1 Å². The molecule has 3 atom stereocenters. The van der Waals surface area contributed by atoms with Gasteiger partial charge in [0.2, 0.25) is 5.91 Å². The van der Waals surface area contributed by atoms with E-state index in [2.05, 4.69) is 22.8 Å². The number of aliphatic hydroxyl groups is 1. The summed E-state index contributed by atoms with van der Waals surface area (Å²) in [4.78, 5) is 35.8. The van der Waals surface area contributed by atoms with Crippen molar-refractivity contribution in [2.75, 3.05) is 26.3 Å². The molecule has 1 aliphatic carbocycles. The largest absolute Gasteiger partial charge is 0.481 e. The molecule has 0 radical (unpaired) electrons. The lowest BCUT2D eigenvalue weighted by molar-refractivity contribution is -0.143. The zero-order chi connectivity index (χ0) is 25.0. The highest BCUT2D eigenvalue weighted by atomic mass is 16.5. The number of rotatable bonds is 9. The van der Waals surface area contributed by atoms with Crippen molar-refractivity contribution in [2.45, 2.75) is 37.4 Å². The topological polar surface area (TPSA) is 134 Å². The van der Waals surface area contributed by atoms with Crippen LogP contribution in [-0.2, 0) is 19.1 Å². The van der Waals surface area contributed by atoms with Crippen molar-refractivity contribution >= 4 is 18.0 Å². The lowest BCUT2D eigenvalue weighted by atomic mass is 9.98. The van der Waals surface area contributed by atoms with Crippen LogP contribution in [0.2, 0.25) is 0 Å². The van der Waals surface area contributed by atoms with E-state index in [1.807, 2.05) is 36.4 Å². The number of carboxylic acid groups (broad SMARTS) is 1. The molecule has 2 aromatic rings. The van der Waals surface area contributed by atoms with Crippen molar-refractivity contribution in [1.82, 2.24) is 10.6 Å². The minimum absolute atomic E-state index is 0.0416. The van der Waals surface area contributed by atoms with Gasteiger partial charge in [0.1, 0.15) is 12.7 Å². The highest BCUT2D eigenvalue weighted by Crippen LogP contribution is 2.44. The van der Waals surface area contributed by atoms with Gasteiger partial charge in [0.05, 0.1) is 12.0 Å². The molecule has 0 bridgehead atoms. The molecule has 1 heterocycles. The van der Waals surface area contributed by atoms with Gasteiger partial charge in [0.25, 0.3) is 0 Å². The third kappa shape index (κ3) is 5.80. The van der Waals surface area contributed by atoms with Crippen molar-refractivity contribution in [1.29, 1.82) is 0 Å². The molecule has 1 aliphatic heterocycles. The zero-order valence-electron chi connectivity index (χ0n) is 19.5. The molecule has 0 spiro atoms. The van der Waals surface area contributed by atoms with E-state index >= 15 is 0 Å². The average Bonchev–Trinajstić information content (AvgIpc) is 3.42. The molecule has 2 aromatic carbocycles. The number of carboxylic acids is 1. The van der Waals surface area contributed by atoms with Crippen molar-refractivity contribution < 1.29 is 34.1 Å². The lowest BCUT2D eigenvalue weighted by Gasteiger charge is -2.24. The Morgan fingerprint density at radius 2 is 1.69 bits per heavy atom. The molecule has 0 saturated carbocycles. The summed E-state index contributed by atoms with van der Waals surface area (Å²) in [6.07, 6.45) is -1.29. The predicted octanol–water partition coefficient (Wildman–Crippen LogP) is 2.27. The number of aliphatic carboxylic acids is 1. The van der Waals surface area contributed by atoms with Gasteiger partial charge in [0.15, 0.2) is 0 Å². The number of nitrogens with one attached hydrogen (secondary N) is 2. The third-order valence-corrected chi connectivity index (χ3v) is 6.50. The van der Waals surface area contributed by atoms with Crippen LogP contribution in [0.15, 0.2) is 48.5 Å². The molecule has 1 saturated heterocycles. The summed E-state index contributed by atoms with van der Waals surface area (Å²) in [5.74, 6) is -1.92. The number of ether oxygens (including phenoxy) is 2. The van der Waals surface area contributed by atoms with E-state index in [1.165, 1.54) is 6.92 Å². The maximum absolute atomic E-state index is 12.5. The molecule has 4 rings (SSSR count). The monoisotopic (exact) mass is 482 g/mol. The van der Waals surface area contributed by atoms with Crippen LogP contribution in [0.4, 0.5) is 4.79 Å². The minimum Gasteiger partial charge on any atom is -0.481 e. The first-order chi connectivity index (χ1) is 16.7. The minimum atomic E-state index is -1.57. The first-order valence-electron chi connectivity index (χ1n) is 11.7. The fraction of sp³-hybridized carbons (Fsp3) is 0.423. The molecule has 0 aromatic heterocycles. The second-order valence-corrected chi connectivity index (χ2v) is 9.33. The van der Waals surface area contributed by atoms with Crippen LogP contribution in [0, 0.1) is 5.92 Å². The Morgan fingerprint density at radius 3 is 2.31 bits per heavy atom. The number of carbonyl (C=O) groups excluding carboxylic acids is 2. The van der Waals surface area contributed by atoms with Gasteiger partial charge < -0.3 is 30.3 Å². The van der Waals surface area contributed by atoms with E-state index in [0.717, 1.165) is 22.3 Å². The Bertz CT molecular complexity index is 1060. The Morgan fingerprint density at radius 1 is 1.06 bits per heavy atom. The SMILES string of the molecule is CC(O)(CNC(=O)[C@@H]1OCC[C@@H]1CNC(=O)OCC1c2ccccc2-c2ccccc21)CC(=O)O. The number of amides is 2. The smallest absolute Gasteiger partial charge is 0.407 e. The number of carbonyl (C=O) groups is 3. The fourth-order valence-corrected chi connectivity index (χ4v) is 4.76. The number of hydrogen-bond acceptors (Lipinski definition) is 6. The van der Waals surface area contributed by atoms with E-state index in [-0.39, 0.29) is 31.5 Å². The molecule has 35 heavy (non-hydrogen) atoms. The second kappa shape index (κ2) is 10.5. The van der Waals surface area contributed by atoms with Gasteiger partial charge >= 0.3 is 12.1 Å². The molecule has 9 nitrogen and oxygen atoms in total. The van der Waals surface area contributed by atoms with Crippen LogP contribution in [0.3, 0.4) is 0 Å². The summed E-state index contributed by atoms with van der Waals surface area (Å²) in [7, 11) is 0. The predicted molar refractivity (Wildman–Crippen MR) is 127 cm³/mol. The van der Waals surface area contributed by atoms with E-state index in [1.54, 1.807) is 0 Å². The highest BCUT2D eigenvalue weighted by molar-refractivity contribution is 5.82. The maximum Gasteiger partial charge on any atom is 0.407 e. The van der Waals surface area contributed by atoms with Gasteiger partial charge in [-0.1, -0.05) is 48.5 Å². The number of fused-ring (bicyclic) bond motifs is 3. The summed E-state index contributed by atoms with van der Waals surface area (Å²) in [5.41, 5.74) is 2.98. The first kappa shape index (κ1) is 24.7. The van der Waals surface area contributed by atoms with Crippen LogP contribution in [0.1, 0.15) is 36.8 Å². The van der Waals surface area contributed by atoms with E-state index in [0.29, 0.717) is 13.0 Å². The molecule has 4 N–H and O–H groups in total. The fourth-order valence-electron chi connectivity index (χ4n) is 4.76. The number of benzene rings is 2. The van der Waals surface area contributed by atoms with E-state index in [4.69, 9.17) is 14.6 Å². The normalized spacial score (nSPS) is 20.4. The molecular weight excluding hydrogens is 452 g/mol. The number of hydrogen-bond donors (Lipinski definition) is 4. The van der Waals surface area contributed by atoms with Gasteiger partial charge in [-0.05, 0) is 35.6 Å². The third-order valence-electron chi connectivity index (χ3n) is 6.50. The summed E-state index contributed by atoms with van der Waals surface area (Å²) in [5, 5.41) is 24.2. The summed E-state index contributed by atoms with van der Waals surface area (Å²) < 4.78 is 11.1. The molecule has 1 fully saturated rings. The second-order valence-electron chi connectivity index (χ2n) is 9.33. The molecule has 1 unspecified atom stereocenters. The first-order valence-corrected chi connectivity index (χ1v) is 11.7. The van der Waals surface area contributed by atoms with Crippen LogP contribution >= 0.6 is 0 Å². The molecule has 2 amide bonds. The van der Waals surface area contributed by atoms with Crippen LogP contribution in [0.25, 0.3) is 11.1 Å². The quantitative estimate of drug-likeness (QED) is 0.431. The Balaban J connectivity index is 1.27. The molecule has 2 aliphatic rings. The standard InChI is InChI=1S/C26H30N2O7/c1-26(33,12-22(29)30)15-28-24(31)23-16(10-11-34-23)13-27-25(32)35-14-21-19-8-4-2-6-17(19)18-7-3-5-9-20(18)21/h2-9,16,21,23,33H,10-15H2,1H3,(H,27,32)(H,28,31)(H,29,30)/t16-,23-,26?/m1/s1. The summed E-state index contributed by atoms with van der Waals surface area (Å²) >= 11 is 0. The maximum atomic E-state index is 12.5. The van der Waals surface area contributed by atoms with Crippen LogP contribution < -0.4 is 10.6 Å². The van der Waals surface area contributed by atoms with Crippen molar-refractivity contribution in [3.63, 3.8) is 0 Å². The van der Waals surface area contributed by atoms with Crippen molar-refractivity contribution in [3.05, 3.63) is 59.7 Å². The molecule has 9 heteroatoms. The lowest BCUT2D eigenvalue weighted by Crippen LogP contribution is -2.48. The zero-order valence-corrected chi connectivity index (χ0v) is 19.5. The van der Waals surface area contributed by atoms with Crippen molar-refractivity contribution in [2.24, 2.45) is 5.92 Å². The molecular formula is C26H30N2O7. The Kier molecular flexibility index (Phi) is 7.37. The van der Waals surface area contributed by atoms with Crippen LogP contribution in [0.5, 0.6) is 0 Å². The van der Waals surface area contributed by atoms with Gasteiger partial charge in [0, 0.05) is 31.5 Å². The van der Waals surface area contributed by atoms with Gasteiger partial charge in [-0.15, -0.1) is 0 Å². The highest BCUT2D eigenvalue weighted by Gasteiger charge is 2.36. The van der Waals surface area contributed by atoms with Gasteiger partial charge in [-0.25, -0.2) is 4.79 Å². The Labute approximate surface area is 203 Å². The summed E-state index contributed by atoms with van der Waals surface area (Å²) in [6, 6.07) is 16.2. The Hall–Kier alpha value is -3.43. The van der Waals surface area contributed by atoms with Crippen LogP contribution in [-0.4, -0.2) is 66.2 Å². The average molecular weight is 483 g/mol. The van der Waals surface area contributed by atoms with E-state index in [9.17, 15) is 19.5 Å². The van der Waals surface area contributed by atoms with Gasteiger partial charge in [-0.2, -0.15) is 0 Å². The summed E-state index contributed by atoms with van der Waals surface area (Å²) in [6.45, 7) is 1.88. The number of alkyl carbamates (subject to hydrolysis) is 1. The van der Waals surface area contributed by atoms with E-state index < -0.39 is 36.1 Å². The van der Waals surface area contributed by atoms with Gasteiger partial charge in [-0.3, -0.25) is 9.59 Å².